The topological polar surface area (TPSA) is 86.1 Å². The lowest BCUT2D eigenvalue weighted by Gasteiger charge is -2.33. The monoisotopic (exact) mass is 642 g/mol. The van der Waals surface area contributed by atoms with E-state index in [-0.39, 0.29) is 30.8 Å². The molecule has 1 amide bonds. The van der Waals surface area contributed by atoms with Crippen LogP contribution in [0.2, 0.25) is 25.7 Å². The van der Waals surface area contributed by atoms with Gasteiger partial charge in [0.15, 0.2) is 11.6 Å². The largest absolute Gasteiger partial charge is 0.487 e. The van der Waals surface area contributed by atoms with Gasteiger partial charge in [0, 0.05) is 47.2 Å². The number of fused-ring (bicyclic) bond motifs is 1. The maximum absolute atomic E-state index is 15.2. The van der Waals surface area contributed by atoms with Crippen molar-refractivity contribution in [3.8, 4) is 5.75 Å². The molecule has 0 bridgehead atoms. The van der Waals surface area contributed by atoms with Crippen molar-refractivity contribution in [2.24, 2.45) is 0 Å². The molecule has 1 unspecified atom stereocenters. The van der Waals surface area contributed by atoms with Gasteiger partial charge in [-0.15, -0.1) is 0 Å². The molecule has 14 heteroatoms. The minimum Gasteiger partial charge on any atom is -0.487 e. The van der Waals surface area contributed by atoms with Crippen molar-refractivity contribution < 1.29 is 36.6 Å². The fourth-order valence-electron chi connectivity index (χ4n) is 5.26. The first-order valence-corrected chi connectivity index (χ1v) is 18.5. The van der Waals surface area contributed by atoms with E-state index in [4.69, 9.17) is 14.2 Å². The molecular weight excluding hydrogens is 600 g/mol. The van der Waals surface area contributed by atoms with Gasteiger partial charge in [0.1, 0.15) is 24.0 Å². The summed E-state index contributed by atoms with van der Waals surface area (Å²) in [4.78, 5) is 28.3. The van der Waals surface area contributed by atoms with Crippen molar-refractivity contribution in [3.05, 3.63) is 51.2 Å². The number of benzene rings is 1. The highest BCUT2D eigenvalue weighted by atomic mass is 28.3. The fraction of sp³-hybridized carbons (Fsp3) is 0.633. The molecule has 1 aromatic heterocycles. The highest BCUT2D eigenvalue weighted by Gasteiger charge is 2.42. The van der Waals surface area contributed by atoms with Crippen LogP contribution in [0.5, 0.6) is 5.75 Å². The molecule has 4 rings (SSSR count). The second-order valence-corrected chi connectivity index (χ2v) is 19.2. The molecule has 0 N–H and O–H groups in total. The summed E-state index contributed by atoms with van der Waals surface area (Å²) >= 11 is 0. The van der Waals surface area contributed by atoms with Crippen LogP contribution in [0.25, 0.3) is 0 Å². The van der Waals surface area contributed by atoms with Gasteiger partial charge in [0.2, 0.25) is 0 Å². The van der Waals surface area contributed by atoms with Crippen molar-refractivity contribution in [1.29, 1.82) is 0 Å². The zero-order valence-electron chi connectivity index (χ0n) is 26.4. The first-order valence-electron chi connectivity index (χ1n) is 14.8. The molecule has 44 heavy (non-hydrogen) atoms. The molecule has 2 aromatic rings. The van der Waals surface area contributed by atoms with E-state index in [1.807, 2.05) is 0 Å². The molecule has 0 aliphatic carbocycles. The second-order valence-electron chi connectivity index (χ2n) is 13.6. The molecule has 1 fully saturated rings. The van der Waals surface area contributed by atoms with Gasteiger partial charge in [-0.25, -0.2) is 13.9 Å². The molecule has 1 saturated heterocycles. The van der Waals surface area contributed by atoms with Crippen molar-refractivity contribution in [3.63, 3.8) is 0 Å². The Labute approximate surface area is 256 Å². The van der Waals surface area contributed by atoms with Crippen LogP contribution in [0.3, 0.4) is 0 Å². The van der Waals surface area contributed by atoms with E-state index in [9.17, 15) is 22.8 Å². The van der Waals surface area contributed by atoms with Gasteiger partial charge < -0.3 is 24.0 Å². The van der Waals surface area contributed by atoms with Crippen LogP contribution in [0.4, 0.5) is 28.0 Å². The molecular formula is C30H42F4N4O5Si. The summed E-state index contributed by atoms with van der Waals surface area (Å²) in [5, 5.41) is 3.99. The number of nitrogens with zero attached hydrogens (tertiary/aromatic N) is 4. The van der Waals surface area contributed by atoms with E-state index >= 15 is 4.39 Å². The third kappa shape index (κ3) is 8.12. The number of ether oxygens (including phenoxy) is 3. The number of likely N-dealkylation sites (tertiary alicyclic amines) is 1. The summed E-state index contributed by atoms with van der Waals surface area (Å²) in [5.74, 6) is -0.638. The number of hydrogen-bond acceptors (Lipinski definition) is 7. The van der Waals surface area contributed by atoms with E-state index in [2.05, 4.69) is 24.7 Å². The highest BCUT2D eigenvalue weighted by Crippen LogP contribution is 2.43. The average molecular weight is 643 g/mol. The van der Waals surface area contributed by atoms with Gasteiger partial charge in [-0.3, -0.25) is 4.79 Å². The van der Waals surface area contributed by atoms with Crippen LogP contribution in [-0.4, -0.2) is 60.2 Å². The number of hydrogen-bond donors (Lipinski definition) is 0. The Bertz CT molecular complexity index is 1410. The summed E-state index contributed by atoms with van der Waals surface area (Å²) < 4.78 is 75.6. The number of carbonyl (C=O) groups is 1. The normalized spacial score (nSPS) is 18.0. The van der Waals surface area contributed by atoms with Crippen molar-refractivity contribution in [2.45, 2.75) is 103 Å². The number of amides is 1. The Hall–Kier alpha value is -3.13. The molecule has 0 saturated carbocycles. The molecule has 1 aromatic carbocycles. The number of aromatic nitrogens is 2. The summed E-state index contributed by atoms with van der Waals surface area (Å²) in [6.45, 7) is 14.2. The first kappa shape index (κ1) is 33.8. The molecule has 2 aliphatic rings. The molecule has 2 aliphatic heterocycles. The van der Waals surface area contributed by atoms with Gasteiger partial charge in [-0.2, -0.15) is 18.3 Å². The van der Waals surface area contributed by atoms with Gasteiger partial charge in [-0.1, -0.05) is 19.6 Å². The quantitative estimate of drug-likeness (QED) is 0.183. The average Bonchev–Trinajstić information content (AvgIpc) is 3.20. The second kappa shape index (κ2) is 12.7. The van der Waals surface area contributed by atoms with E-state index < -0.39 is 48.9 Å². The zero-order valence-corrected chi connectivity index (χ0v) is 27.4. The third-order valence-electron chi connectivity index (χ3n) is 7.67. The summed E-state index contributed by atoms with van der Waals surface area (Å²) in [5.41, 5.74) is -2.53. The summed E-state index contributed by atoms with van der Waals surface area (Å²) in [6, 6.07) is 2.96. The number of piperidine rings is 1. The highest BCUT2D eigenvalue weighted by molar-refractivity contribution is 6.76. The predicted molar refractivity (Wildman–Crippen MR) is 160 cm³/mol. The van der Waals surface area contributed by atoms with Gasteiger partial charge in [0.25, 0.3) is 5.56 Å². The Morgan fingerprint density at radius 3 is 2.36 bits per heavy atom. The minimum absolute atomic E-state index is 0.00628. The van der Waals surface area contributed by atoms with Crippen LogP contribution < -0.4 is 15.2 Å². The number of anilines is 1. The molecule has 9 nitrogen and oxygen atoms in total. The van der Waals surface area contributed by atoms with Gasteiger partial charge in [-0.05, 0) is 57.0 Å². The molecule has 0 spiro atoms. The lowest BCUT2D eigenvalue weighted by molar-refractivity contribution is -0.138. The Balaban J connectivity index is 1.49. The smallest absolute Gasteiger partial charge is 0.423 e. The van der Waals surface area contributed by atoms with Crippen LogP contribution in [-0.2, 0) is 28.9 Å². The van der Waals surface area contributed by atoms with Crippen molar-refractivity contribution in [2.75, 3.05) is 24.6 Å². The first-order chi connectivity index (χ1) is 20.3. The van der Waals surface area contributed by atoms with Gasteiger partial charge >= 0.3 is 12.3 Å². The lowest BCUT2D eigenvalue weighted by atomic mass is 10.0. The van der Waals surface area contributed by atoms with Crippen LogP contribution in [0, 0.1) is 5.82 Å². The number of alkyl halides is 3. The number of rotatable bonds is 8. The molecule has 0 radical (unpaired) electrons. The third-order valence-corrected chi connectivity index (χ3v) is 9.37. The predicted octanol–water partition coefficient (Wildman–Crippen LogP) is 6.57. The van der Waals surface area contributed by atoms with Gasteiger partial charge in [0.05, 0.1) is 17.9 Å². The Kier molecular flexibility index (Phi) is 9.74. The van der Waals surface area contributed by atoms with E-state index in [0.717, 1.165) is 12.2 Å². The molecule has 244 valence electrons. The lowest BCUT2D eigenvalue weighted by Crippen LogP contribution is -2.44. The maximum atomic E-state index is 15.2. The fourth-order valence-corrected chi connectivity index (χ4v) is 6.01. The standard InChI is InChI=1S/C30H42F4N4O5Si/c1-19-22-15-25(42-21-8-10-36(11-9-21)28(40)43-29(2,3)4)23(31)14-20(22)17-37(19)24-16-35-38(18-41-12-13-44(5,6)7)27(39)26(24)30(32,33)34/h14-16,19,21H,8-13,17-18H2,1-7H3. The Morgan fingerprint density at radius 1 is 1.11 bits per heavy atom. The van der Waals surface area contributed by atoms with Crippen molar-refractivity contribution >= 4 is 19.9 Å². The Morgan fingerprint density at radius 2 is 1.77 bits per heavy atom. The number of carbonyl (C=O) groups excluding carboxylic acids is 1. The maximum Gasteiger partial charge on any atom is 0.423 e. The van der Waals surface area contributed by atoms with Crippen LogP contribution in [0.1, 0.15) is 63.3 Å². The number of halogens is 4. The van der Waals surface area contributed by atoms with E-state index in [1.54, 1.807) is 32.6 Å². The van der Waals surface area contributed by atoms with E-state index in [0.29, 0.717) is 48.3 Å². The summed E-state index contributed by atoms with van der Waals surface area (Å²) in [6.07, 6.45) is -3.75. The SMILES string of the molecule is CC1c2cc(OC3CCN(C(=O)OC(C)(C)C)CC3)c(F)cc2CN1c1cnn(COCC[Si](C)(C)C)c(=O)c1C(F)(F)F. The molecule has 1 atom stereocenters. The zero-order chi connectivity index (χ0) is 32.6. The van der Waals surface area contributed by atoms with E-state index in [1.165, 1.54) is 17.0 Å². The summed E-state index contributed by atoms with van der Waals surface area (Å²) in [7, 11) is -1.42. The minimum atomic E-state index is -4.95. The molecule has 3 heterocycles. The van der Waals surface area contributed by atoms with Crippen LogP contribution in [0.15, 0.2) is 23.1 Å². The van der Waals surface area contributed by atoms with Crippen LogP contribution >= 0.6 is 0 Å². The van der Waals surface area contributed by atoms with Crippen molar-refractivity contribution in [1.82, 2.24) is 14.7 Å².